The number of carbonyl (C=O) groups excluding carboxylic acids is 1. The zero-order chi connectivity index (χ0) is 23.3. The monoisotopic (exact) mass is 469 g/mol. The first kappa shape index (κ1) is 24.1. The maximum Gasteiger partial charge on any atom is 0.257 e. The first-order valence-electron chi connectivity index (χ1n) is 10.6. The number of hydrogen-bond acceptors (Lipinski definition) is 3. The van der Waals surface area contributed by atoms with Crippen LogP contribution in [0.2, 0.25) is 10.0 Å². The maximum absolute atomic E-state index is 13.5. The van der Waals surface area contributed by atoms with Crippen LogP contribution in [0.15, 0.2) is 60.9 Å². The lowest BCUT2D eigenvalue weighted by molar-refractivity contribution is 0.0745. The van der Waals surface area contributed by atoms with Crippen molar-refractivity contribution in [3.05, 3.63) is 93.2 Å². The molecule has 0 unspecified atom stereocenters. The molecule has 3 aromatic rings. The van der Waals surface area contributed by atoms with Gasteiger partial charge in [-0.1, -0.05) is 74.3 Å². The Morgan fingerprint density at radius 3 is 2.31 bits per heavy atom. The van der Waals surface area contributed by atoms with Crippen LogP contribution >= 0.6 is 23.2 Å². The van der Waals surface area contributed by atoms with Crippen molar-refractivity contribution in [2.24, 2.45) is 0 Å². The summed E-state index contributed by atoms with van der Waals surface area (Å²) in [4.78, 5) is 19.5. The van der Waals surface area contributed by atoms with E-state index in [1.165, 1.54) is 5.56 Å². The van der Waals surface area contributed by atoms with E-state index in [1.54, 1.807) is 25.5 Å². The fraction of sp³-hybridized carbons (Fsp3) is 0.308. The van der Waals surface area contributed by atoms with Crippen LogP contribution in [-0.4, -0.2) is 29.4 Å². The van der Waals surface area contributed by atoms with Gasteiger partial charge in [0, 0.05) is 38.2 Å². The number of hydrogen-bond donors (Lipinski definition) is 1. The summed E-state index contributed by atoms with van der Waals surface area (Å²) in [6, 6.07) is 15.9. The second kappa shape index (κ2) is 10.4. The molecule has 0 fully saturated rings. The summed E-state index contributed by atoms with van der Waals surface area (Å²) in [5.74, 6) is -0.0672. The minimum atomic E-state index is -0.0672. The Kier molecular flexibility index (Phi) is 7.81. The molecule has 3 rings (SSSR count). The topological polar surface area (TPSA) is 45.2 Å². The number of anilines is 1. The van der Waals surface area contributed by atoms with Crippen molar-refractivity contribution < 1.29 is 4.79 Å². The fourth-order valence-electron chi connectivity index (χ4n) is 3.50. The number of nitrogens with one attached hydrogen (secondary N) is 1. The van der Waals surface area contributed by atoms with E-state index in [4.69, 9.17) is 23.2 Å². The van der Waals surface area contributed by atoms with Gasteiger partial charge in [-0.2, -0.15) is 0 Å². The molecule has 0 aliphatic heterocycles. The molecule has 1 heterocycles. The highest BCUT2D eigenvalue weighted by atomic mass is 35.5. The normalized spacial score (nSPS) is 11.3. The molecule has 4 nitrogen and oxygen atoms in total. The van der Waals surface area contributed by atoms with Crippen molar-refractivity contribution in [1.82, 2.24) is 9.88 Å². The Bertz CT molecular complexity index is 1080. The van der Waals surface area contributed by atoms with E-state index in [2.05, 4.69) is 55.3 Å². The molecule has 0 atom stereocenters. The SMILES string of the molecule is CNc1ccncc1C(=O)N(CCc1ccc(Cl)c(Cl)c1)Cc1ccc(C(C)(C)C)cc1. The van der Waals surface area contributed by atoms with E-state index >= 15 is 0 Å². The fourth-order valence-corrected chi connectivity index (χ4v) is 3.82. The molecular weight excluding hydrogens is 441 g/mol. The number of pyridine rings is 1. The molecular formula is C26H29Cl2N3O. The predicted molar refractivity (Wildman–Crippen MR) is 134 cm³/mol. The molecule has 1 aromatic heterocycles. The van der Waals surface area contributed by atoms with E-state index < -0.39 is 0 Å². The third-order valence-corrected chi connectivity index (χ3v) is 6.19. The van der Waals surface area contributed by atoms with E-state index in [0.29, 0.717) is 35.1 Å². The largest absolute Gasteiger partial charge is 0.387 e. The van der Waals surface area contributed by atoms with Crippen molar-refractivity contribution in [3.63, 3.8) is 0 Å². The van der Waals surface area contributed by atoms with Gasteiger partial charge in [0.25, 0.3) is 5.91 Å². The Morgan fingerprint density at radius 1 is 1.00 bits per heavy atom. The van der Waals surface area contributed by atoms with Gasteiger partial charge in [-0.05, 0) is 46.7 Å². The summed E-state index contributed by atoms with van der Waals surface area (Å²) in [7, 11) is 1.80. The molecule has 0 bridgehead atoms. The van der Waals surface area contributed by atoms with Gasteiger partial charge in [-0.3, -0.25) is 9.78 Å². The van der Waals surface area contributed by atoms with Gasteiger partial charge in [0.15, 0.2) is 0 Å². The molecule has 0 saturated carbocycles. The minimum Gasteiger partial charge on any atom is -0.387 e. The molecule has 0 saturated heterocycles. The molecule has 0 aliphatic rings. The Morgan fingerprint density at radius 2 is 1.69 bits per heavy atom. The molecule has 0 spiro atoms. The van der Waals surface area contributed by atoms with Gasteiger partial charge in [-0.25, -0.2) is 0 Å². The summed E-state index contributed by atoms with van der Waals surface area (Å²) in [5, 5.41) is 4.13. The van der Waals surface area contributed by atoms with Crippen molar-refractivity contribution in [1.29, 1.82) is 0 Å². The lowest BCUT2D eigenvalue weighted by Crippen LogP contribution is -2.33. The van der Waals surface area contributed by atoms with Crippen LogP contribution < -0.4 is 5.32 Å². The third kappa shape index (κ3) is 6.02. The minimum absolute atomic E-state index is 0.0672. The van der Waals surface area contributed by atoms with Crippen LogP contribution in [0.3, 0.4) is 0 Å². The predicted octanol–water partition coefficient (Wildman–Crippen LogP) is 6.61. The van der Waals surface area contributed by atoms with Crippen LogP contribution in [0.1, 0.15) is 47.8 Å². The van der Waals surface area contributed by atoms with Gasteiger partial charge >= 0.3 is 0 Å². The van der Waals surface area contributed by atoms with Gasteiger partial charge in [-0.15, -0.1) is 0 Å². The molecule has 168 valence electrons. The van der Waals surface area contributed by atoms with E-state index in [9.17, 15) is 4.79 Å². The van der Waals surface area contributed by atoms with Gasteiger partial charge < -0.3 is 10.2 Å². The van der Waals surface area contributed by atoms with Crippen molar-refractivity contribution in [3.8, 4) is 0 Å². The third-order valence-electron chi connectivity index (χ3n) is 5.46. The smallest absolute Gasteiger partial charge is 0.257 e. The molecule has 6 heteroatoms. The molecule has 1 N–H and O–H groups in total. The molecule has 2 aromatic carbocycles. The lowest BCUT2D eigenvalue weighted by atomic mass is 9.87. The summed E-state index contributed by atoms with van der Waals surface area (Å²) >= 11 is 12.2. The van der Waals surface area contributed by atoms with Crippen molar-refractivity contribution in [2.45, 2.75) is 39.2 Å². The van der Waals surface area contributed by atoms with E-state index in [-0.39, 0.29) is 11.3 Å². The zero-order valence-corrected chi connectivity index (χ0v) is 20.5. The van der Waals surface area contributed by atoms with Crippen molar-refractivity contribution in [2.75, 3.05) is 18.9 Å². The number of aromatic nitrogens is 1. The van der Waals surface area contributed by atoms with Crippen molar-refractivity contribution >= 4 is 34.8 Å². The van der Waals surface area contributed by atoms with Gasteiger partial charge in [0.1, 0.15) is 0 Å². The van der Waals surface area contributed by atoms with Gasteiger partial charge in [0.2, 0.25) is 0 Å². The second-order valence-corrected chi connectivity index (χ2v) is 9.66. The number of amides is 1. The first-order chi connectivity index (χ1) is 15.2. The Labute approximate surface area is 200 Å². The Balaban J connectivity index is 1.86. The molecule has 0 aliphatic carbocycles. The number of rotatable bonds is 7. The highest BCUT2D eigenvalue weighted by molar-refractivity contribution is 6.42. The highest BCUT2D eigenvalue weighted by Gasteiger charge is 2.20. The maximum atomic E-state index is 13.5. The van der Waals surface area contributed by atoms with Crippen LogP contribution in [0.4, 0.5) is 5.69 Å². The zero-order valence-electron chi connectivity index (χ0n) is 19.0. The average Bonchev–Trinajstić information content (AvgIpc) is 2.78. The summed E-state index contributed by atoms with van der Waals surface area (Å²) < 4.78 is 0. The number of nitrogens with zero attached hydrogens (tertiary/aromatic N) is 2. The second-order valence-electron chi connectivity index (χ2n) is 8.84. The summed E-state index contributed by atoms with van der Waals surface area (Å²) in [6.07, 6.45) is 3.95. The number of benzene rings is 2. The van der Waals surface area contributed by atoms with Crippen LogP contribution in [0.25, 0.3) is 0 Å². The summed E-state index contributed by atoms with van der Waals surface area (Å²) in [6.45, 7) is 7.61. The van der Waals surface area contributed by atoms with E-state index in [0.717, 1.165) is 16.8 Å². The standard InChI is InChI=1S/C26H29Cl2N3O/c1-26(2,3)20-8-5-19(6-9-20)17-31(14-12-18-7-10-22(27)23(28)15-18)25(32)21-16-30-13-11-24(21)29-4/h5-11,13,15-16H,12,14,17H2,1-4H3,(H,29,30). The molecule has 0 radical (unpaired) electrons. The van der Waals surface area contributed by atoms with Crippen LogP contribution in [-0.2, 0) is 18.4 Å². The molecule has 32 heavy (non-hydrogen) atoms. The quantitative estimate of drug-likeness (QED) is 0.423. The Hall–Kier alpha value is -2.56. The lowest BCUT2D eigenvalue weighted by Gasteiger charge is -2.25. The van der Waals surface area contributed by atoms with Crippen LogP contribution in [0.5, 0.6) is 0 Å². The van der Waals surface area contributed by atoms with Crippen LogP contribution in [0, 0.1) is 0 Å². The van der Waals surface area contributed by atoms with Gasteiger partial charge in [0.05, 0.1) is 15.6 Å². The number of halogens is 2. The highest BCUT2D eigenvalue weighted by Crippen LogP contribution is 2.25. The first-order valence-corrected chi connectivity index (χ1v) is 11.4. The number of carbonyl (C=O) groups is 1. The summed E-state index contributed by atoms with van der Waals surface area (Å²) in [5.41, 5.74) is 4.76. The van der Waals surface area contributed by atoms with E-state index in [1.807, 2.05) is 23.1 Å². The average molecular weight is 470 g/mol. The molecule has 1 amide bonds.